The van der Waals surface area contributed by atoms with Crippen LogP contribution in [0.1, 0.15) is 11.3 Å². The van der Waals surface area contributed by atoms with Gasteiger partial charge in [0.2, 0.25) is 6.08 Å². The Labute approximate surface area is 88.0 Å². The summed E-state index contributed by atoms with van der Waals surface area (Å²) in [6, 6.07) is 6.14. The Balaban J connectivity index is 2.94. The van der Waals surface area contributed by atoms with Crippen molar-refractivity contribution in [3.05, 3.63) is 29.5 Å². The third kappa shape index (κ3) is 1.37. The molecular weight excluding hydrogens is 188 g/mol. The average Bonchev–Trinajstić information content (AvgIpc) is 2.44. The van der Waals surface area contributed by atoms with Gasteiger partial charge in [0.15, 0.2) is 0 Å². The highest BCUT2D eigenvalue weighted by atomic mass is 16.1. The van der Waals surface area contributed by atoms with Gasteiger partial charge in [0.1, 0.15) is 5.69 Å². The van der Waals surface area contributed by atoms with Crippen LogP contribution in [0.15, 0.2) is 23.2 Å². The van der Waals surface area contributed by atoms with Crippen LogP contribution in [0.4, 0.5) is 5.69 Å². The lowest BCUT2D eigenvalue weighted by molar-refractivity contribution is 0.565. The lowest BCUT2D eigenvalue weighted by Crippen LogP contribution is -1.89. The Kier molecular flexibility index (Phi) is 2.18. The first kappa shape index (κ1) is 9.69. The summed E-state index contributed by atoms with van der Waals surface area (Å²) in [4.78, 5) is 14.1. The molecule has 1 aromatic carbocycles. The van der Waals surface area contributed by atoms with Crippen LogP contribution in [-0.4, -0.2) is 10.6 Å². The van der Waals surface area contributed by atoms with Gasteiger partial charge in [-0.1, -0.05) is 11.6 Å². The molecule has 0 aliphatic carbocycles. The summed E-state index contributed by atoms with van der Waals surface area (Å²) in [6.07, 6.45) is 1.61. The van der Waals surface area contributed by atoms with Crippen molar-refractivity contribution in [3.8, 4) is 0 Å². The van der Waals surface area contributed by atoms with E-state index in [-0.39, 0.29) is 0 Å². The summed E-state index contributed by atoms with van der Waals surface area (Å²) >= 11 is 0. The van der Waals surface area contributed by atoms with Crippen LogP contribution < -0.4 is 0 Å². The number of hydrogen-bond acceptors (Lipinski definition) is 2. The zero-order valence-electron chi connectivity index (χ0n) is 9.03. The zero-order valence-corrected chi connectivity index (χ0v) is 9.03. The minimum absolute atomic E-state index is 0.728. The summed E-state index contributed by atoms with van der Waals surface area (Å²) < 4.78 is 2.03. The van der Waals surface area contributed by atoms with Gasteiger partial charge < -0.3 is 4.57 Å². The van der Waals surface area contributed by atoms with Crippen molar-refractivity contribution in [2.24, 2.45) is 12.0 Å². The fourth-order valence-corrected chi connectivity index (χ4v) is 1.85. The second-order valence-electron chi connectivity index (χ2n) is 3.72. The molecule has 0 aliphatic rings. The van der Waals surface area contributed by atoms with E-state index in [2.05, 4.69) is 11.1 Å². The first-order valence-electron chi connectivity index (χ1n) is 4.78. The molecule has 76 valence electrons. The van der Waals surface area contributed by atoms with Crippen molar-refractivity contribution < 1.29 is 4.79 Å². The number of aromatic nitrogens is 1. The van der Waals surface area contributed by atoms with Gasteiger partial charge in [-0.25, -0.2) is 4.79 Å². The van der Waals surface area contributed by atoms with Gasteiger partial charge in [-0.2, -0.15) is 4.99 Å². The van der Waals surface area contributed by atoms with Crippen molar-refractivity contribution in [2.45, 2.75) is 13.8 Å². The predicted octanol–water partition coefficient (Wildman–Crippen LogP) is 2.76. The summed E-state index contributed by atoms with van der Waals surface area (Å²) in [5, 5.41) is 1.01. The summed E-state index contributed by atoms with van der Waals surface area (Å²) in [6.45, 7) is 3.97. The van der Waals surface area contributed by atoms with Crippen LogP contribution in [0, 0.1) is 13.8 Å². The van der Waals surface area contributed by atoms with Gasteiger partial charge >= 0.3 is 0 Å². The second kappa shape index (κ2) is 3.37. The van der Waals surface area contributed by atoms with Crippen molar-refractivity contribution in [1.82, 2.24) is 4.57 Å². The quantitative estimate of drug-likeness (QED) is 0.515. The average molecular weight is 200 g/mol. The molecular formula is C12H12N2O. The molecule has 1 aromatic heterocycles. The molecule has 0 saturated carbocycles. The van der Waals surface area contributed by atoms with Gasteiger partial charge in [-0.05, 0) is 26.0 Å². The van der Waals surface area contributed by atoms with Crippen molar-refractivity contribution >= 4 is 22.7 Å². The minimum Gasteiger partial charge on any atom is -0.346 e. The van der Waals surface area contributed by atoms with E-state index >= 15 is 0 Å². The number of aliphatic imine (C=N–C) groups is 1. The highest BCUT2D eigenvalue weighted by Crippen LogP contribution is 2.32. The first-order chi connectivity index (χ1) is 7.15. The summed E-state index contributed by atoms with van der Waals surface area (Å²) in [7, 11) is 1.97. The molecule has 0 radical (unpaired) electrons. The molecule has 0 fully saturated rings. The van der Waals surface area contributed by atoms with Crippen LogP contribution >= 0.6 is 0 Å². The Hall–Kier alpha value is -1.86. The highest BCUT2D eigenvalue weighted by molar-refractivity contribution is 5.94. The molecule has 0 spiro atoms. The minimum atomic E-state index is 0.728. The number of aryl methyl sites for hydroxylation is 2. The molecule has 0 N–H and O–H groups in total. The van der Waals surface area contributed by atoms with Gasteiger partial charge in [-0.15, -0.1) is 0 Å². The topological polar surface area (TPSA) is 34.4 Å². The van der Waals surface area contributed by atoms with E-state index < -0.39 is 0 Å². The van der Waals surface area contributed by atoms with Gasteiger partial charge in [0.05, 0.1) is 5.52 Å². The van der Waals surface area contributed by atoms with Crippen molar-refractivity contribution in [2.75, 3.05) is 0 Å². The molecule has 0 saturated heterocycles. The summed E-state index contributed by atoms with van der Waals surface area (Å²) in [5.74, 6) is 0. The Bertz CT molecular complexity index is 575. The van der Waals surface area contributed by atoms with E-state index in [1.165, 1.54) is 0 Å². The molecule has 2 rings (SSSR count). The largest absolute Gasteiger partial charge is 0.346 e. The van der Waals surface area contributed by atoms with Crippen LogP contribution in [0.5, 0.6) is 0 Å². The third-order valence-corrected chi connectivity index (χ3v) is 2.77. The molecule has 0 amide bonds. The van der Waals surface area contributed by atoms with E-state index in [9.17, 15) is 4.79 Å². The summed E-state index contributed by atoms with van der Waals surface area (Å²) in [5.41, 5.74) is 3.97. The first-order valence-corrected chi connectivity index (χ1v) is 4.78. The third-order valence-electron chi connectivity index (χ3n) is 2.77. The standard InChI is InChI=1S/C12H12N2O/c1-8-4-5-11-10(6-8)12(13-7-15)9(2)14(11)3/h4-6H,1-3H3. The fraction of sp³-hybridized carbons (Fsp3) is 0.250. The van der Waals surface area contributed by atoms with E-state index in [0.717, 1.165) is 27.8 Å². The van der Waals surface area contributed by atoms with E-state index in [1.807, 2.05) is 37.6 Å². The SMILES string of the molecule is Cc1ccc2c(c1)c(N=C=O)c(C)n2C. The maximum Gasteiger partial charge on any atom is 0.240 e. The lowest BCUT2D eigenvalue weighted by Gasteiger charge is -1.97. The monoisotopic (exact) mass is 200 g/mol. The van der Waals surface area contributed by atoms with Crippen LogP contribution in [0.3, 0.4) is 0 Å². The molecule has 0 atom stereocenters. The van der Waals surface area contributed by atoms with E-state index in [0.29, 0.717) is 0 Å². The van der Waals surface area contributed by atoms with Gasteiger partial charge in [-0.3, -0.25) is 0 Å². The second-order valence-corrected chi connectivity index (χ2v) is 3.72. The van der Waals surface area contributed by atoms with Gasteiger partial charge in [0, 0.05) is 18.1 Å². The fourth-order valence-electron chi connectivity index (χ4n) is 1.85. The molecule has 0 aliphatic heterocycles. The smallest absolute Gasteiger partial charge is 0.240 e. The number of carbonyl (C=O) groups excluding carboxylic acids is 1. The molecule has 2 aromatic rings. The molecule has 0 bridgehead atoms. The van der Waals surface area contributed by atoms with Crippen LogP contribution in [0.25, 0.3) is 10.9 Å². The van der Waals surface area contributed by atoms with E-state index in [4.69, 9.17) is 0 Å². The molecule has 3 nitrogen and oxygen atoms in total. The highest BCUT2D eigenvalue weighted by Gasteiger charge is 2.10. The number of isocyanates is 1. The van der Waals surface area contributed by atoms with Crippen LogP contribution in [-0.2, 0) is 11.8 Å². The van der Waals surface area contributed by atoms with Gasteiger partial charge in [0.25, 0.3) is 0 Å². The normalized spacial score (nSPS) is 10.3. The molecule has 3 heteroatoms. The number of rotatable bonds is 1. The van der Waals surface area contributed by atoms with Crippen molar-refractivity contribution in [3.63, 3.8) is 0 Å². The van der Waals surface area contributed by atoms with E-state index in [1.54, 1.807) is 6.08 Å². The predicted molar refractivity (Wildman–Crippen MR) is 60.2 cm³/mol. The maximum absolute atomic E-state index is 10.4. The Morgan fingerprint density at radius 3 is 2.73 bits per heavy atom. The maximum atomic E-state index is 10.4. The van der Waals surface area contributed by atoms with Crippen LogP contribution in [0.2, 0.25) is 0 Å². The molecule has 15 heavy (non-hydrogen) atoms. The number of benzene rings is 1. The molecule has 0 unspecified atom stereocenters. The number of nitrogens with zero attached hydrogens (tertiary/aromatic N) is 2. The van der Waals surface area contributed by atoms with Crippen molar-refractivity contribution in [1.29, 1.82) is 0 Å². The molecule has 1 heterocycles. The Morgan fingerprint density at radius 1 is 1.33 bits per heavy atom. The zero-order chi connectivity index (χ0) is 11.0. The lowest BCUT2D eigenvalue weighted by atomic mass is 10.1. The number of hydrogen-bond donors (Lipinski definition) is 0. The number of fused-ring (bicyclic) bond motifs is 1. The Morgan fingerprint density at radius 2 is 2.07 bits per heavy atom.